The Morgan fingerprint density at radius 1 is 1.29 bits per heavy atom. The van der Waals surface area contributed by atoms with Gasteiger partial charge in [0.25, 0.3) is 0 Å². The van der Waals surface area contributed by atoms with Gasteiger partial charge in [0.2, 0.25) is 0 Å². The van der Waals surface area contributed by atoms with E-state index in [0.29, 0.717) is 5.92 Å². The first-order valence-electron chi connectivity index (χ1n) is 5.91. The first-order chi connectivity index (χ1) is 8.27. The minimum atomic E-state index is 0.106. The molecule has 86 valence electrons. The molecule has 1 aromatic carbocycles. The fourth-order valence-electron chi connectivity index (χ4n) is 2.15. The predicted octanol–water partition coefficient (Wildman–Crippen LogP) is 2.95. The predicted molar refractivity (Wildman–Crippen MR) is 65.5 cm³/mol. The van der Waals surface area contributed by atoms with E-state index < -0.39 is 0 Å². The number of aromatic nitrogens is 2. The third-order valence-electron chi connectivity index (χ3n) is 3.15. The van der Waals surface area contributed by atoms with Gasteiger partial charge in [-0.1, -0.05) is 18.2 Å². The van der Waals surface area contributed by atoms with Crippen LogP contribution in [0.2, 0.25) is 0 Å². The van der Waals surface area contributed by atoms with Crippen molar-refractivity contribution in [3.8, 4) is 5.69 Å². The Balaban J connectivity index is 2.14. The largest absolute Gasteiger partial charge is 0.294 e. The Morgan fingerprint density at radius 2 is 2.00 bits per heavy atom. The zero-order chi connectivity index (χ0) is 11.8. The molecule has 0 aliphatic heterocycles. The van der Waals surface area contributed by atoms with Crippen molar-refractivity contribution in [1.82, 2.24) is 9.78 Å². The average Bonchev–Trinajstić information content (AvgIpc) is 3.08. The van der Waals surface area contributed by atoms with E-state index in [1.165, 1.54) is 12.8 Å². The lowest BCUT2D eigenvalue weighted by Crippen LogP contribution is -2.04. The second-order valence-electron chi connectivity index (χ2n) is 4.52. The number of hydrogen-bond donors (Lipinski definition) is 0. The zero-order valence-corrected chi connectivity index (χ0v) is 9.76. The zero-order valence-electron chi connectivity index (χ0n) is 9.76. The van der Waals surface area contributed by atoms with Crippen molar-refractivity contribution in [2.75, 3.05) is 0 Å². The third kappa shape index (κ3) is 1.78. The first kappa shape index (κ1) is 10.3. The quantitative estimate of drug-likeness (QED) is 0.754. The topological polar surface area (TPSA) is 34.9 Å². The number of Topliss-reactive ketones (excluding diaryl/α,β-unsaturated/α-hetero) is 1. The normalized spacial score (nSPS) is 14.9. The van der Waals surface area contributed by atoms with Gasteiger partial charge in [0, 0.05) is 5.92 Å². The number of rotatable bonds is 3. The summed E-state index contributed by atoms with van der Waals surface area (Å²) >= 11 is 0. The van der Waals surface area contributed by atoms with Gasteiger partial charge in [-0.2, -0.15) is 5.10 Å². The molecule has 3 nitrogen and oxygen atoms in total. The highest BCUT2D eigenvalue weighted by atomic mass is 16.1. The fraction of sp³-hybridized carbons (Fsp3) is 0.286. The van der Waals surface area contributed by atoms with Crippen LogP contribution in [0.25, 0.3) is 5.69 Å². The maximum atomic E-state index is 11.6. The Bertz CT molecular complexity index is 553. The van der Waals surface area contributed by atoms with Gasteiger partial charge in [0.15, 0.2) is 5.78 Å². The molecule has 1 fully saturated rings. The third-order valence-corrected chi connectivity index (χ3v) is 3.15. The number of carbonyl (C=O) groups excluding carboxylic acids is 1. The summed E-state index contributed by atoms with van der Waals surface area (Å²) in [6, 6.07) is 9.99. The van der Waals surface area contributed by atoms with Crippen LogP contribution in [-0.2, 0) is 0 Å². The van der Waals surface area contributed by atoms with Gasteiger partial charge < -0.3 is 0 Å². The maximum Gasteiger partial charge on any atom is 0.163 e. The second-order valence-corrected chi connectivity index (χ2v) is 4.52. The van der Waals surface area contributed by atoms with Crippen molar-refractivity contribution in [3.63, 3.8) is 0 Å². The molecule has 1 aliphatic rings. The number of para-hydroxylation sites is 1. The molecule has 1 aromatic heterocycles. The van der Waals surface area contributed by atoms with Gasteiger partial charge in [-0.25, -0.2) is 4.68 Å². The lowest BCUT2D eigenvalue weighted by molar-refractivity contribution is 0.101. The molecule has 0 bridgehead atoms. The van der Waals surface area contributed by atoms with Crippen LogP contribution in [0.3, 0.4) is 0 Å². The van der Waals surface area contributed by atoms with Crippen molar-refractivity contribution < 1.29 is 4.79 Å². The monoisotopic (exact) mass is 226 g/mol. The van der Waals surface area contributed by atoms with Gasteiger partial charge in [0.05, 0.1) is 23.1 Å². The molecule has 0 radical (unpaired) electrons. The van der Waals surface area contributed by atoms with Crippen LogP contribution in [0, 0.1) is 0 Å². The van der Waals surface area contributed by atoms with Gasteiger partial charge in [-0.3, -0.25) is 4.79 Å². The molecular formula is C14H14N2O. The van der Waals surface area contributed by atoms with Gasteiger partial charge in [-0.05, 0) is 31.9 Å². The van der Waals surface area contributed by atoms with Crippen LogP contribution < -0.4 is 0 Å². The van der Waals surface area contributed by atoms with E-state index in [9.17, 15) is 4.79 Å². The summed E-state index contributed by atoms with van der Waals surface area (Å²) in [6.07, 6.45) is 4.03. The van der Waals surface area contributed by atoms with Crippen molar-refractivity contribution in [2.45, 2.75) is 25.7 Å². The highest BCUT2D eigenvalue weighted by Gasteiger charge is 2.31. The highest BCUT2D eigenvalue weighted by Crippen LogP contribution is 2.42. The van der Waals surface area contributed by atoms with Crippen molar-refractivity contribution >= 4 is 5.78 Å². The highest BCUT2D eigenvalue weighted by molar-refractivity contribution is 5.95. The summed E-state index contributed by atoms with van der Waals surface area (Å²) in [4.78, 5) is 11.6. The van der Waals surface area contributed by atoms with Crippen LogP contribution in [0.1, 0.15) is 41.7 Å². The van der Waals surface area contributed by atoms with Crippen molar-refractivity contribution in [3.05, 3.63) is 47.8 Å². The van der Waals surface area contributed by atoms with Crippen molar-refractivity contribution in [2.24, 2.45) is 0 Å². The summed E-state index contributed by atoms with van der Waals surface area (Å²) in [7, 11) is 0. The number of ketones is 1. The Morgan fingerprint density at radius 3 is 2.59 bits per heavy atom. The molecule has 0 atom stereocenters. The van der Waals surface area contributed by atoms with E-state index in [1.54, 1.807) is 13.1 Å². The lowest BCUT2D eigenvalue weighted by Gasteiger charge is -2.07. The molecule has 1 saturated carbocycles. The standard InChI is InChI=1S/C14H14N2O/c1-10(17)13-9-15-16(14(13)11-7-8-11)12-5-3-2-4-6-12/h2-6,9,11H,7-8H2,1H3. The smallest absolute Gasteiger partial charge is 0.163 e. The molecule has 1 aliphatic carbocycles. The average molecular weight is 226 g/mol. The summed E-state index contributed by atoms with van der Waals surface area (Å²) in [5.41, 5.74) is 2.89. The molecule has 0 N–H and O–H groups in total. The van der Waals surface area contributed by atoms with E-state index >= 15 is 0 Å². The van der Waals surface area contributed by atoms with Gasteiger partial charge in [0.1, 0.15) is 0 Å². The molecular weight excluding hydrogens is 212 g/mol. The molecule has 3 heteroatoms. The maximum absolute atomic E-state index is 11.6. The fourth-order valence-corrected chi connectivity index (χ4v) is 2.15. The molecule has 17 heavy (non-hydrogen) atoms. The lowest BCUT2D eigenvalue weighted by atomic mass is 10.1. The molecule has 3 rings (SSSR count). The number of carbonyl (C=O) groups is 1. The molecule has 0 unspecified atom stereocenters. The van der Waals surface area contributed by atoms with Crippen LogP contribution in [0.4, 0.5) is 0 Å². The Kier molecular flexibility index (Phi) is 2.32. The van der Waals surface area contributed by atoms with Crippen LogP contribution in [0.15, 0.2) is 36.5 Å². The van der Waals surface area contributed by atoms with Gasteiger partial charge in [-0.15, -0.1) is 0 Å². The molecule has 1 heterocycles. The Labute approximate surface area is 100 Å². The molecule has 0 amide bonds. The first-order valence-corrected chi connectivity index (χ1v) is 5.91. The minimum Gasteiger partial charge on any atom is -0.294 e. The number of hydrogen-bond acceptors (Lipinski definition) is 2. The Hall–Kier alpha value is -1.90. The minimum absolute atomic E-state index is 0.106. The SMILES string of the molecule is CC(=O)c1cnn(-c2ccccc2)c1C1CC1. The van der Waals surface area contributed by atoms with Crippen LogP contribution in [0.5, 0.6) is 0 Å². The van der Waals surface area contributed by atoms with Gasteiger partial charge >= 0.3 is 0 Å². The van der Waals surface area contributed by atoms with Crippen LogP contribution >= 0.6 is 0 Å². The van der Waals surface area contributed by atoms with E-state index in [1.807, 2.05) is 35.0 Å². The molecule has 0 saturated heterocycles. The summed E-state index contributed by atoms with van der Waals surface area (Å²) in [5.74, 6) is 0.616. The second kappa shape index (κ2) is 3.84. The van der Waals surface area contributed by atoms with E-state index in [-0.39, 0.29) is 5.78 Å². The van der Waals surface area contributed by atoms with E-state index in [0.717, 1.165) is 16.9 Å². The number of nitrogens with zero attached hydrogens (tertiary/aromatic N) is 2. The number of benzene rings is 1. The van der Waals surface area contributed by atoms with E-state index in [4.69, 9.17) is 0 Å². The van der Waals surface area contributed by atoms with Crippen LogP contribution in [-0.4, -0.2) is 15.6 Å². The summed E-state index contributed by atoms with van der Waals surface area (Å²) in [6.45, 7) is 1.61. The van der Waals surface area contributed by atoms with E-state index in [2.05, 4.69) is 5.10 Å². The molecule has 2 aromatic rings. The summed E-state index contributed by atoms with van der Waals surface area (Å²) in [5, 5.41) is 4.36. The molecule has 0 spiro atoms. The van der Waals surface area contributed by atoms with Crippen molar-refractivity contribution in [1.29, 1.82) is 0 Å². The summed E-state index contributed by atoms with van der Waals surface area (Å²) < 4.78 is 1.91.